The molecule has 0 aromatic heterocycles. The van der Waals surface area contributed by atoms with Crippen LogP contribution in [0.4, 0.5) is 5.69 Å². The Labute approximate surface area is 150 Å². The fourth-order valence-corrected chi connectivity index (χ4v) is 3.45. The predicted molar refractivity (Wildman–Crippen MR) is 98.5 cm³/mol. The van der Waals surface area contributed by atoms with Crippen molar-refractivity contribution in [2.24, 2.45) is 0 Å². The van der Waals surface area contributed by atoms with Gasteiger partial charge in [-0.15, -0.1) is 0 Å². The highest BCUT2D eigenvalue weighted by Gasteiger charge is 2.39. The number of hydrogen-bond donors (Lipinski definition) is 0. The zero-order valence-corrected chi connectivity index (χ0v) is 14.6. The Hall–Kier alpha value is -2.70. The Kier molecular flexibility index (Phi) is 4.01. The van der Waals surface area contributed by atoms with E-state index < -0.39 is 11.9 Å². The lowest BCUT2D eigenvalue weighted by molar-refractivity contribution is -0.384. The number of nitrogens with zero attached hydrogens (tertiary/aromatic N) is 1. The molecule has 1 heterocycles. The molecule has 0 radical (unpaired) electrons. The molecule has 3 aromatic carbocycles. The lowest BCUT2D eigenvalue weighted by Crippen LogP contribution is -2.42. The molecule has 3 aromatic rings. The van der Waals surface area contributed by atoms with Gasteiger partial charge in [0, 0.05) is 5.39 Å². The first kappa shape index (κ1) is 16.8. The second-order valence-corrected chi connectivity index (χ2v) is 6.81. The SMILES string of the molecule is CC(C)(Oc1c([N+](=O)[O-])c2ccccc2c2ccccc12)C1OCCO1. The topological polar surface area (TPSA) is 70.8 Å². The van der Waals surface area contributed by atoms with Gasteiger partial charge in [0.05, 0.1) is 23.5 Å². The van der Waals surface area contributed by atoms with Gasteiger partial charge in [-0.2, -0.15) is 0 Å². The summed E-state index contributed by atoms with van der Waals surface area (Å²) >= 11 is 0. The number of benzene rings is 3. The molecule has 0 aliphatic carbocycles. The Morgan fingerprint density at radius 2 is 1.46 bits per heavy atom. The number of fused-ring (bicyclic) bond motifs is 3. The second-order valence-electron chi connectivity index (χ2n) is 6.81. The third-order valence-electron chi connectivity index (χ3n) is 4.60. The molecule has 6 nitrogen and oxygen atoms in total. The molecule has 1 saturated heterocycles. The first-order chi connectivity index (χ1) is 12.5. The van der Waals surface area contributed by atoms with Crippen LogP contribution in [0, 0.1) is 10.1 Å². The van der Waals surface area contributed by atoms with Crippen LogP contribution in [0.15, 0.2) is 48.5 Å². The summed E-state index contributed by atoms with van der Waals surface area (Å²) in [6.07, 6.45) is -0.577. The van der Waals surface area contributed by atoms with Gasteiger partial charge in [-0.25, -0.2) is 0 Å². The average molecular weight is 353 g/mol. The second kappa shape index (κ2) is 6.23. The van der Waals surface area contributed by atoms with Gasteiger partial charge in [0.15, 0.2) is 11.9 Å². The van der Waals surface area contributed by atoms with Gasteiger partial charge in [0.1, 0.15) is 0 Å². The number of hydrogen-bond acceptors (Lipinski definition) is 5. The minimum Gasteiger partial charge on any atom is -0.475 e. The number of nitro groups is 1. The summed E-state index contributed by atoms with van der Waals surface area (Å²) in [5, 5.41) is 14.9. The van der Waals surface area contributed by atoms with Gasteiger partial charge < -0.3 is 14.2 Å². The fourth-order valence-electron chi connectivity index (χ4n) is 3.45. The van der Waals surface area contributed by atoms with E-state index in [-0.39, 0.29) is 16.4 Å². The molecule has 0 atom stereocenters. The van der Waals surface area contributed by atoms with Gasteiger partial charge in [0.25, 0.3) is 0 Å². The first-order valence-electron chi connectivity index (χ1n) is 8.49. The molecule has 0 bridgehead atoms. The van der Waals surface area contributed by atoms with Crippen LogP contribution in [0.25, 0.3) is 21.5 Å². The molecule has 1 aliphatic rings. The Morgan fingerprint density at radius 1 is 0.962 bits per heavy atom. The lowest BCUT2D eigenvalue weighted by atomic mass is 9.98. The predicted octanol–water partition coefficient (Wildman–Crippen LogP) is 4.43. The van der Waals surface area contributed by atoms with Gasteiger partial charge >= 0.3 is 5.69 Å². The van der Waals surface area contributed by atoms with E-state index in [0.717, 1.165) is 10.8 Å². The van der Waals surface area contributed by atoms with Crippen molar-refractivity contribution in [3.05, 3.63) is 58.6 Å². The van der Waals surface area contributed by atoms with E-state index in [0.29, 0.717) is 24.0 Å². The maximum Gasteiger partial charge on any atom is 0.319 e. The minimum atomic E-state index is -0.882. The monoisotopic (exact) mass is 353 g/mol. The quantitative estimate of drug-likeness (QED) is 0.394. The van der Waals surface area contributed by atoms with Gasteiger partial charge in [-0.05, 0) is 30.7 Å². The summed E-state index contributed by atoms with van der Waals surface area (Å²) in [6.45, 7) is 4.60. The smallest absolute Gasteiger partial charge is 0.319 e. The van der Waals surface area contributed by atoms with Crippen molar-refractivity contribution < 1.29 is 19.1 Å². The standard InChI is InChI=1S/C20H19NO5/c1-20(2,19-24-11-12-25-19)26-18-16-10-6-4-8-14(16)13-7-3-5-9-15(13)17(18)21(22)23/h3-10,19H,11-12H2,1-2H3. The summed E-state index contributed by atoms with van der Waals surface area (Å²) in [6, 6.07) is 14.9. The van der Waals surface area contributed by atoms with Crippen LogP contribution < -0.4 is 4.74 Å². The number of nitro benzene ring substituents is 1. The molecule has 0 amide bonds. The maximum atomic E-state index is 11.9. The van der Waals surface area contributed by atoms with Crippen molar-refractivity contribution in [1.82, 2.24) is 0 Å². The van der Waals surface area contributed by atoms with Gasteiger partial charge in [-0.3, -0.25) is 10.1 Å². The zero-order valence-electron chi connectivity index (χ0n) is 14.6. The summed E-state index contributed by atoms with van der Waals surface area (Å²) in [4.78, 5) is 11.6. The molecule has 0 saturated carbocycles. The van der Waals surface area contributed by atoms with Crippen LogP contribution >= 0.6 is 0 Å². The fraction of sp³-hybridized carbons (Fsp3) is 0.300. The maximum absolute atomic E-state index is 11.9. The Balaban J connectivity index is 1.99. The van der Waals surface area contributed by atoms with Crippen molar-refractivity contribution in [2.45, 2.75) is 25.7 Å². The Bertz CT molecular complexity index is 992. The zero-order chi connectivity index (χ0) is 18.3. The minimum absolute atomic E-state index is 0.0367. The first-order valence-corrected chi connectivity index (χ1v) is 8.49. The van der Waals surface area contributed by atoms with Gasteiger partial charge in [-0.1, -0.05) is 42.5 Å². The lowest BCUT2D eigenvalue weighted by Gasteiger charge is -2.31. The highest BCUT2D eigenvalue weighted by molar-refractivity contribution is 6.15. The normalized spacial score (nSPS) is 15.6. The molecule has 134 valence electrons. The van der Waals surface area contributed by atoms with Crippen molar-refractivity contribution in [3.8, 4) is 5.75 Å². The Morgan fingerprint density at radius 3 is 2.04 bits per heavy atom. The summed E-state index contributed by atoms with van der Waals surface area (Å²) in [7, 11) is 0. The van der Waals surface area contributed by atoms with Crippen LogP contribution in [0.1, 0.15) is 13.8 Å². The molecule has 1 fully saturated rings. The largest absolute Gasteiger partial charge is 0.475 e. The summed E-state index contributed by atoms with van der Waals surface area (Å²) < 4.78 is 17.4. The number of rotatable bonds is 4. The average Bonchev–Trinajstić information content (AvgIpc) is 3.17. The summed E-state index contributed by atoms with van der Waals surface area (Å²) in [5.41, 5.74) is -0.919. The van der Waals surface area contributed by atoms with Crippen LogP contribution in [0.3, 0.4) is 0 Å². The van der Waals surface area contributed by atoms with E-state index in [1.54, 1.807) is 12.1 Å². The van der Waals surface area contributed by atoms with Crippen molar-refractivity contribution in [2.75, 3.05) is 13.2 Å². The molecule has 1 aliphatic heterocycles. The third-order valence-corrected chi connectivity index (χ3v) is 4.60. The third kappa shape index (κ3) is 2.67. The molecular weight excluding hydrogens is 334 g/mol. The highest BCUT2D eigenvalue weighted by Crippen LogP contribution is 2.45. The van der Waals surface area contributed by atoms with E-state index in [1.165, 1.54) is 0 Å². The number of ether oxygens (including phenoxy) is 3. The summed E-state index contributed by atoms with van der Waals surface area (Å²) in [5.74, 6) is 0.244. The van der Waals surface area contributed by atoms with Crippen LogP contribution in [0.2, 0.25) is 0 Å². The van der Waals surface area contributed by atoms with E-state index >= 15 is 0 Å². The van der Waals surface area contributed by atoms with Crippen LogP contribution in [-0.4, -0.2) is 30.0 Å². The highest BCUT2D eigenvalue weighted by atomic mass is 16.7. The van der Waals surface area contributed by atoms with Crippen LogP contribution in [0.5, 0.6) is 5.75 Å². The molecule has 4 rings (SSSR count). The molecule has 0 unspecified atom stereocenters. The molecule has 0 N–H and O–H groups in total. The van der Waals surface area contributed by atoms with Crippen molar-refractivity contribution >= 4 is 27.2 Å². The van der Waals surface area contributed by atoms with Crippen molar-refractivity contribution in [1.29, 1.82) is 0 Å². The molecule has 6 heteroatoms. The molecule has 0 spiro atoms. The van der Waals surface area contributed by atoms with Crippen molar-refractivity contribution in [3.63, 3.8) is 0 Å². The van der Waals surface area contributed by atoms with E-state index in [4.69, 9.17) is 14.2 Å². The molecule has 26 heavy (non-hydrogen) atoms. The van der Waals surface area contributed by atoms with E-state index in [9.17, 15) is 10.1 Å². The molecular formula is C20H19NO5. The van der Waals surface area contributed by atoms with E-state index in [1.807, 2.05) is 50.2 Å². The van der Waals surface area contributed by atoms with Crippen LogP contribution in [-0.2, 0) is 9.47 Å². The van der Waals surface area contributed by atoms with Gasteiger partial charge in [0.2, 0.25) is 5.75 Å². The van der Waals surface area contributed by atoms with E-state index in [2.05, 4.69) is 0 Å².